The molecule has 2 aromatic rings. The molecule has 3 rings (SSSR count). The molecule has 0 bridgehead atoms. The van der Waals surface area contributed by atoms with E-state index in [1.807, 2.05) is 0 Å². The number of rotatable bonds is 5. The summed E-state index contributed by atoms with van der Waals surface area (Å²) >= 11 is 0. The minimum Gasteiger partial charge on any atom is -0.351 e. The molecule has 1 saturated heterocycles. The largest absolute Gasteiger partial charge is 0.351 e. The Labute approximate surface area is 150 Å². The SMILES string of the molecule is CN(CC(=O)N[C@@H]1CCS(=O)(=O)C1)C(=O)c1ccc(-n2cccn2)nc1. The Kier molecular flexibility index (Phi) is 5.03. The molecule has 0 spiro atoms. The number of nitrogens with one attached hydrogen (secondary N) is 1. The highest BCUT2D eigenvalue weighted by molar-refractivity contribution is 7.91. The van der Waals surface area contributed by atoms with Crippen molar-refractivity contribution < 1.29 is 18.0 Å². The van der Waals surface area contributed by atoms with Crippen molar-refractivity contribution in [3.63, 3.8) is 0 Å². The second kappa shape index (κ2) is 7.24. The molecule has 0 unspecified atom stereocenters. The van der Waals surface area contributed by atoms with Gasteiger partial charge in [0.05, 0.1) is 23.6 Å². The third-order valence-electron chi connectivity index (χ3n) is 4.06. The Morgan fingerprint density at radius 3 is 2.77 bits per heavy atom. The summed E-state index contributed by atoms with van der Waals surface area (Å²) in [6.07, 6.45) is 5.20. The molecule has 9 nitrogen and oxygen atoms in total. The molecule has 0 saturated carbocycles. The molecule has 1 fully saturated rings. The molecule has 1 aliphatic heterocycles. The van der Waals surface area contributed by atoms with Crippen LogP contribution >= 0.6 is 0 Å². The van der Waals surface area contributed by atoms with E-state index in [0.29, 0.717) is 17.8 Å². The number of pyridine rings is 1. The van der Waals surface area contributed by atoms with Crippen LogP contribution in [0.15, 0.2) is 36.8 Å². The maximum atomic E-state index is 12.4. The molecule has 2 aromatic heterocycles. The minimum absolute atomic E-state index is 0.0464. The third kappa shape index (κ3) is 4.26. The van der Waals surface area contributed by atoms with Crippen molar-refractivity contribution in [1.29, 1.82) is 0 Å². The maximum Gasteiger partial charge on any atom is 0.255 e. The number of aromatic nitrogens is 3. The van der Waals surface area contributed by atoms with Crippen molar-refractivity contribution in [2.75, 3.05) is 25.1 Å². The van der Waals surface area contributed by atoms with Gasteiger partial charge in [0, 0.05) is 31.7 Å². The van der Waals surface area contributed by atoms with Gasteiger partial charge in [-0.05, 0) is 24.6 Å². The molecule has 1 aliphatic rings. The second-order valence-electron chi connectivity index (χ2n) is 6.18. The van der Waals surface area contributed by atoms with E-state index >= 15 is 0 Å². The lowest BCUT2D eigenvalue weighted by Gasteiger charge is -2.18. The van der Waals surface area contributed by atoms with Gasteiger partial charge in [-0.2, -0.15) is 5.10 Å². The third-order valence-corrected chi connectivity index (χ3v) is 5.83. The fraction of sp³-hybridized carbons (Fsp3) is 0.375. The van der Waals surface area contributed by atoms with Gasteiger partial charge in [-0.1, -0.05) is 0 Å². The quantitative estimate of drug-likeness (QED) is 0.761. The van der Waals surface area contributed by atoms with Crippen LogP contribution < -0.4 is 5.32 Å². The molecular formula is C16H19N5O4S. The summed E-state index contributed by atoms with van der Waals surface area (Å²) in [5.41, 5.74) is 0.347. The molecule has 1 atom stereocenters. The van der Waals surface area contributed by atoms with E-state index < -0.39 is 9.84 Å². The van der Waals surface area contributed by atoms with E-state index in [-0.39, 0.29) is 35.9 Å². The lowest BCUT2D eigenvalue weighted by molar-refractivity contribution is -0.122. The van der Waals surface area contributed by atoms with Crippen molar-refractivity contribution in [1.82, 2.24) is 25.0 Å². The van der Waals surface area contributed by atoms with Gasteiger partial charge in [-0.25, -0.2) is 18.1 Å². The van der Waals surface area contributed by atoms with E-state index in [9.17, 15) is 18.0 Å². The first-order valence-electron chi connectivity index (χ1n) is 8.05. The number of hydrogen-bond acceptors (Lipinski definition) is 6. The van der Waals surface area contributed by atoms with E-state index in [1.165, 1.54) is 18.1 Å². The number of carbonyl (C=O) groups is 2. The van der Waals surface area contributed by atoms with Crippen LogP contribution in [0.3, 0.4) is 0 Å². The van der Waals surface area contributed by atoms with Gasteiger partial charge < -0.3 is 10.2 Å². The highest BCUT2D eigenvalue weighted by Gasteiger charge is 2.29. The van der Waals surface area contributed by atoms with Crippen molar-refractivity contribution >= 4 is 21.7 Å². The van der Waals surface area contributed by atoms with Gasteiger partial charge in [-0.15, -0.1) is 0 Å². The van der Waals surface area contributed by atoms with Crippen LogP contribution in [0, 0.1) is 0 Å². The highest BCUT2D eigenvalue weighted by atomic mass is 32.2. The molecule has 26 heavy (non-hydrogen) atoms. The lowest BCUT2D eigenvalue weighted by atomic mass is 10.2. The van der Waals surface area contributed by atoms with Gasteiger partial charge >= 0.3 is 0 Å². The van der Waals surface area contributed by atoms with Crippen molar-refractivity contribution in [2.45, 2.75) is 12.5 Å². The van der Waals surface area contributed by atoms with Crippen molar-refractivity contribution in [2.24, 2.45) is 0 Å². The molecule has 2 amide bonds. The van der Waals surface area contributed by atoms with Crippen LogP contribution in [0.5, 0.6) is 0 Å². The van der Waals surface area contributed by atoms with Crippen LogP contribution in [0.4, 0.5) is 0 Å². The number of carbonyl (C=O) groups excluding carboxylic acids is 2. The predicted octanol–water partition coefficient (Wildman–Crippen LogP) is -0.357. The normalized spacial score (nSPS) is 18.4. The van der Waals surface area contributed by atoms with Crippen LogP contribution in [-0.2, 0) is 14.6 Å². The number of nitrogens with zero attached hydrogens (tertiary/aromatic N) is 4. The van der Waals surface area contributed by atoms with Gasteiger partial charge in [0.2, 0.25) is 5.91 Å². The van der Waals surface area contributed by atoms with Crippen molar-refractivity contribution in [3.8, 4) is 5.82 Å². The summed E-state index contributed by atoms with van der Waals surface area (Å²) in [6, 6.07) is 4.66. The van der Waals surface area contributed by atoms with E-state index in [4.69, 9.17) is 0 Å². The van der Waals surface area contributed by atoms with Gasteiger partial charge in [0.25, 0.3) is 5.91 Å². The maximum absolute atomic E-state index is 12.4. The summed E-state index contributed by atoms with van der Waals surface area (Å²) < 4.78 is 24.4. The zero-order valence-corrected chi connectivity index (χ0v) is 15.0. The monoisotopic (exact) mass is 377 g/mol. The van der Waals surface area contributed by atoms with Gasteiger partial charge in [-0.3, -0.25) is 9.59 Å². The summed E-state index contributed by atoms with van der Waals surface area (Å²) in [6.45, 7) is -0.156. The van der Waals surface area contributed by atoms with E-state index in [2.05, 4.69) is 15.4 Å². The molecule has 0 radical (unpaired) electrons. The summed E-state index contributed by atoms with van der Waals surface area (Å²) in [7, 11) is -1.55. The van der Waals surface area contributed by atoms with Crippen molar-refractivity contribution in [3.05, 3.63) is 42.4 Å². The first-order valence-corrected chi connectivity index (χ1v) is 9.87. The standard InChI is InChI=1S/C16H19N5O4S/c1-20(10-15(22)19-13-5-8-26(24,25)11-13)16(23)12-3-4-14(17-9-12)21-7-2-6-18-21/h2-4,6-7,9,13H,5,8,10-11H2,1H3,(H,19,22)/t13-/m1/s1. The Hall–Kier alpha value is -2.75. The zero-order chi connectivity index (χ0) is 18.7. The van der Waals surface area contributed by atoms with Crippen LogP contribution in [-0.4, -0.2) is 71.0 Å². The Balaban J connectivity index is 1.56. The van der Waals surface area contributed by atoms with E-state index in [0.717, 1.165) is 0 Å². The smallest absolute Gasteiger partial charge is 0.255 e. The average molecular weight is 377 g/mol. The number of likely N-dealkylation sites (N-methyl/N-ethyl adjacent to an activating group) is 1. The molecule has 3 heterocycles. The lowest BCUT2D eigenvalue weighted by Crippen LogP contribution is -2.43. The molecule has 0 aliphatic carbocycles. The predicted molar refractivity (Wildman–Crippen MR) is 93.5 cm³/mol. The average Bonchev–Trinajstić information content (AvgIpc) is 3.24. The first-order chi connectivity index (χ1) is 12.3. The topological polar surface area (TPSA) is 114 Å². The minimum atomic E-state index is -3.06. The van der Waals surface area contributed by atoms with Gasteiger partial charge in [0.1, 0.15) is 0 Å². The fourth-order valence-electron chi connectivity index (χ4n) is 2.74. The summed E-state index contributed by atoms with van der Waals surface area (Å²) in [5.74, 6) is -0.118. The Morgan fingerprint density at radius 2 is 2.19 bits per heavy atom. The summed E-state index contributed by atoms with van der Waals surface area (Å²) in [5, 5.41) is 6.72. The van der Waals surface area contributed by atoms with E-state index in [1.54, 1.807) is 35.3 Å². The Bertz CT molecular complexity index is 893. The van der Waals surface area contributed by atoms with Gasteiger partial charge in [0.15, 0.2) is 15.7 Å². The zero-order valence-electron chi connectivity index (χ0n) is 14.2. The Morgan fingerprint density at radius 1 is 1.38 bits per heavy atom. The number of hydrogen-bond donors (Lipinski definition) is 1. The molecule has 1 N–H and O–H groups in total. The second-order valence-corrected chi connectivity index (χ2v) is 8.41. The number of sulfone groups is 1. The van der Waals surface area contributed by atoms with Crippen LogP contribution in [0.25, 0.3) is 5.82 Å². The number of amides is 2. The highest BCUT2D eigenvalue weighted by Crippen LogP contribution is 2.11. The first kappa shape index (κ1) is 18.1. The van der Waals surface area contributed by atoms with Crippen LogP contribution in [0.2, 0.25) is 0 Å². The fourth-order valence-corrected chi connectivity index (χ4v) is 4.42. The molecule has 10 heteroatoms. The molecule has 0 aromatic carbocycles. The molecular weight excluding hydrogens is 358 g/mol. The summed E-state index contributed by atoms with van der Waals surface area (Å²) in [4.78, 5) is 29.9. The molecule has 138 valence electrons. The van der Waals surface area contributed by atoms with Crippen LogP contribution in [0.1, 0.15) is 16.8 Å².